The molecule has 1 aliphatic heterocycles. The van der Waals surface area contributed by atoms with Gasteiger partial charge in [0, 0.05) is 33.1 Å². The number of hydrogen-bond donors (Lipinski definition) is 1. The molecule has 0 aromatic heterocycles. The minimum atomic E-state index is -0.698. The highest BCUT2D eigenvalue weighted by Gasteiger charge is 2.40. The van der Waals surface area contributed by atoms with Gasteiger partial charge in [-0.2, -0.15) is 0 Å². The van der Waals surface area contributed by atoms with Crippen LogP contribution in [0.4, 0.5) is 0 Å². The zero-order chi connectivity index (χ0) is 26.1. The molecule has 1 aromatic rings. The lowest BCUT2D eigenvalue weighted by atomic mass is 9.85. The van der Waals surface area contributed by atoms with Crippen molar-refractivity contribution in [1.82, 2.24) is 4.90 Å². The first-order chi connectivity index (χ1) is 16.7. The first-order valence-corrected chi connectivity index (χ1v) is 13.3. The van der Waals surface area contributed by atoms with Crippen LogP contribution >= 0.6 is 0 Å². The van der Waals surface area contributed by atoms with E-state index in [0.717, 1.165) is 24.8 Å². The highest BCUT2D eigenvalue weighted by atomic mass is 16.5. The summed E-state index contributed by atoms with van der Waals surface area (Å²) in [6, 6.07) is 9.32. The van der Waals surface area contributed by atoms with Gasteiger partial charge in [-0.3, -0.25) is 9.59 Å². The number of likely N-dealkylation sites (tertiary alicyclic amines) is 1. The molecule has 1 heterocycles. The molecule has 8 atom stereocenters. The summed E-state index contributed by atoms with van der Waals surface area (Å²) in [5.74, 6) is 0.297. The quantitative estimate of drug-likeness (QED) is 0.396. The Morgan fingerprint density at radius 1 is 1.03 bits per heavy atom. The van der Waals surface area contributed by atoms with Crippen LogP contribution in [0.15, 0.2) is 30.3 Å². The third-order valence-electron chi connectivity index (χ3n) is 8.28. The van der Waals surface area contributed by atoms with Crippen molar-refractivity contribution >= 4 is 11.7 Å². The van der Waals surface area contributed by atoms with E-state index in [1.165, 1.54) is 0 Å². The van der Waals surface area contributed by atoms with Gasteiger partial charge in [-0.25, -0.2) is 0 Å². The Balaban J connectivity index is 2.05. The van der Waals surface area contributed by atoms with Crippen molar-refractivity contribution in [2.75, 3.05) is 20.8 Å². The minimum Gasteiger partial charge on any atom is -0.388 e. The molecule has 0 saturated carbocycles. The van der Waals surface area contributed by atoms with Gasteiger partial charge >= 0.3 is 0 Å². The molecule has 0 radical (unpaired) electrons. The molecule has 1 aromatic carbocycles. The van der Waals surface area contributed by atoms with E-state index in [2.05, 4.69) is 20.8 Å². The fraction of sp³-hybridized carbons (Fsp3) is 0.724. The Kier molecular flexibility index (Phi) is 11.9. The average molecular weight is 490 g/mol. The molecule has 1 saturated heterocycles. The van der Waals surface area contributed by atoms with Gasteiger partial charge in [-0.1, -0.05) is 71.4 Å². The van der Waals surface area contributed by atoms with Gasteiger partial charge in [0.15, 0.2) is 0 Å². The second kappa shape index (κ2) is 14.1. The van der Waals surface area contributed by atoms with Gasteiger partial charge in [-0.05, 0) is 36.2 Å². The largest absolute Gasteiger partial charge is 0.388 e. The topological polar surface area (TPSA) is 76.1 Å². The summed E-state index contributed by atoms with van der Waals surface area (Å²) in [5.41, 5.74) is 0.815. The number of aliphatic hydroxyl groups excluding tert-OH is 1. The first kappa shape index (κ1) is 29.5. The Morgan fingerprint density at radius 2 is 1.69 bits per heavy atom. The van der Waals surface area contributed by atoms with Gasteiger partial charge in [0.25, 0.3) is 0 Å². The van der Waals surface area contributed by atoms with Crippen LogP contribution in [-0.4, -0.2) is 60.7 Å². The highest BCUT2D eigenvalue weighted by Crippen LogP contribution is 2.31. The fourth-order valence-electron chi connectivity index (χ4n) is 5.43. The van der Waals surface area contributed by atoms with E-state index in [4.69, 9.17) is 9.47 Å². The molecule has 1 fully saturated rings. The summed E-state index contributed by atoms with van der Waals surface area (Å²) >= 11 is 0. The molecule has 198 valence electrons. The highest BCUT2D eigenvalue weighted by molar-refractivity contribution is 5.82. The number of benzene rings is 1. The number of nitrogens with zero attached hydrogens (tertiary/aromatic N) is 1. The third-order valence-corrected chi connectivity index (χ3v) is 8.28. The van der Waals surface area contributed by atoms with Crippen molar-refractivity contribution in [2.24, 2.45) is 23.7 Å². The number of ether oxygens (including phenoxy) is 2. The Hall–Kier alpha value is -1.76. The van der Waals surface area contributed by atoms with Crippen molar-refractivity contribution in [3.63, 3.8) is 0 Å². The molecule has 6 heteroatoms. The lowest BCUT2D eigenvalue weighted by Gasteiger charge is -2.35. The van der Waals surface area contributed by atoms with Crippen LogP contribution in [0.3, 0.4) is 0 Å². The lowest BCUT2D eigenvalue weighted by molar-refractivity contribution is -0.142. The van der Waals surface area contributed by atoms with Crippen molar-refractivity contribution in [2.45, 2.75) is 91.1 Å². The van der Waals surface area contributed by atoms with Crippen molar-refractivity contribution in [3.8, 4) is 0 Å². The summed E-state index contributed by atoms with van der Waals surface area (Å²) in [4.78, 5) is 28.5. The summed E-state index contributed by atoms with van der Waals surface area (Å²) in [6.45, 7) is 11.0. The predicted octanol–water partition coefficient (Wildman–Crippen LogP) is 5.04. The van der Waals surface area contributed by atoms with Crippen LogP contribution < -0.4 is 0 Å². The normalized spacial score (nSPS) is 22.2. The minimum absolute atomic E-state index is 0.0544. The van der Waals surface area contributed by atoms with E-state index in [1.807, 2.05) is 49.1 Å². The average Bonchev–Trinajstić information content (AvgIpc) is 3.36. The SMILES string of the molecule is CC[C@H](C)[C@H](C)C(CC(=O)N1CCC[C@H]1[C@H](OC)[C@@H](C)C(=O)C[C@H](C)[C@@H](O)c1ccccc1)OC. The Morgan fingerprint density at radius 3 is 2.26 bits per heavy atom. The number of ketones is 1. The molecule has 2 rings (SSSR count). The maximum absolute atomic E-state index is 13.3. The van der Waals surface area contributed by atoms with Crippen LogP contribution in [0.1, 0.15) is 78.4 Å². The molecular formula is C29H47NO5. The molecule has 0 aliphatic carbocycles. The third kappa shape index (κ3) is 7.61. The second-order valence-corrected chi connectivity index (χ2v) is 10.5. The number of aliphatic hydroxyl groups is 1. The number of carbonyl (C=O) groups excluding carboxylic acids is 2. The zero-order valence-electron chi connectivity index (χ0n) is 22.8. The summed E-state index contributed by atoms with van der Waals surface area (Å²) in [7, 11) is 3.31. The summed E-state index contributed by atoms with van der Waals surface area (Å²) in [6.07, 6.45) is 2.18. The monoisotopic (exact) mass is 489 g/mol. The van der Waals surface area contributed by atoms with Crippen LogP contribution in [0.5, 0.6) is 0 Å². The van der Waals surface area contributed by atoms with Crippen molar-refractivity contribution < 1.29 is 24.2 Å². The van der Waals surface area contributed by atoms with Crippen LogP contribution in [0.25, 0.3) is 0 Å². The number of methoxy groups -OCH3 is 2. The number of Topliss-reactive ketones (excluding diaryl/α,β-unsaturated/α-hetero) is 1. The first-order valence-electron chi connectivity index (χ1n) is 13.3. The molecule has 0 bridgehead atoms. The Bertz CT molecular complexity index is 785. The van der Waals surface area contributed by atoms with Gasteiger partial charge in [0.2, 0.25) is 5.91 Å². The molecule has 1 N–H and O–H groups in total. The zero-order valence-corrected chi connectivity index (χ0v) is 22.8. The van der Waals surface area contributed by atoms with E-state index in [0.29, 0.717) is 18.9 Å². The molecule has 0 spiro atoms. The molecular weight excluding hydrogens is 442 g/mol. The molecule has 35 heavy (non-hydrogen) atoms. The molecule has 1 amide bonds. The van der Waals surface area contributed by atoms with Gasteiger partial charge < -0.3 is 19.5 Å². The van der Waals surface area contributed by atoms with E-state index >= 15 is 0 Å². The van der Waals surface area contributed by atoms with E-state index < -0.39 is 6.10 Å². The van der Waals surface area contributed by atoms with Gasteiger partial charge in [-0.15, -0.1) is 0 Å². The van der Waals surface area contributed by atoms with Gasteiger partial charge in [0.1, 0.15) is 5.78 Å². The predicted molar refractivity (Wildman–Crippen MR) is 139 cm³/mol. The maximum atomic E-state index is 13.3. The molecule has 6 nitrogen and oxygen atoms in total. The van der Waals surface area contributed by atoms with Crippen molar-refractivity contribution in [1.29, 1.82) is 0 Å². The number of hydrogen-bond acceptors (Lipinski definition) is 5. The second-order valence-electron chi connectivity index (χ2n) is 10.5. The van der Waals surface area contributed by atoms with Crippen LogP contribution in [-0.2, 0) is 19.1 Å². The van der Waals surface area contributed by atoms with E-state index in [9.17, 15) is 14.7 Å². The van der Waals surface area contributed by atoms with Crippen molar-refractivity contribution in [3.05, 3.63) is 35.9 Å². The van der Waals surface area contributed by atoms with Crippen LogP contribution in [0, 0.1) is 23.7 Å². The molecule has 1 aliphatic rings. The summed E-state index contributed by atoms with van der Waals surface area (Å²) < 4.78 is 11.6. The van der Waals surface area contributed by atoms with E-state index in [1.54, 1.807) is 14.2 Å². The summed E-state index contributed by atoms with van der Waals surface area (Å²) in [5, 5.41) is 10.7. The smallest absolute Gasteiger partial charge is 0.225 e. The molecule has 1 unspecified atom stereocenters. The Labute approximate surface area is 212 Å². The van der Waals surface area contributed by atoms with Crippen LogP contribution in [0.2, 0.25) is 0 Å². The lowest BCUT2D eigenvalue weighted by Crippen LogP contribution is -2.49. The van der Waals surface area contributed by atoms with E-state index in [-0.39, 0.29) is 54.1 Å². The number of amides is 1. The standard InChI is InChI=1S/C29H47NO5/c1-8-19(2)21(4)26(34-6)18-27(32)30-16-12-15-24(30)29(35-7)22(5)25(31)17-20(3)28(33)23-13-10-9-11-14-23/h9-11,13-14,19-22,24,26,28-29,33H,8,12,15-18H2,1-7H3/t19-,20-,21-,22-,24-,26?,28+,29+/m0/s1. The van der Waals surface area contributed by atoms with Gasteiger partial charge in [0.05, 0.1) is 30.8 Å². The number of carbonyl (C=O) groups is 2. The fourth-order valence-corrected chi connectivity index (χ4v) is 5.43. The number of rotatable bonds is 14. The maximum Gasteiger partial charge on any atom is 0.225 e.